The second-order valence-electron chi connectivity index (χ2n) is 8.42. The highest BCUT2D eigenvalue weighted by Gasteiger charge is 2.34. The van der Waals surface area contributed by atoms with Crippen LogP contribution in [0.25, 0.3) is 0 Å². The Hall–Kier alpha value is -1.07. The maximum absolute atomic E-state index is 12.6. The van der Waals surface area contributed by atoms with Gasteiger partial charge in [-0.3, -0.25) is 14.8 Å². The Bertz CT molecular complexity index is 690. The fourth-order valence-electron chi connectivity index (χ4n) is 4.31. The van der Waals surface area contributed by atoms with Crippen LogP contribution in [0.5, 0.6) is 0 Å². The van der Waals surface area contributed by atoms with Gasteiger partial charge in [0.15, 0.2) is 5.96 Å². The van der Waals surface area contributed by atoms with E-state index in [9.17, 15) is 13.2 Å². The van der Waals surface area contributed by atoms with E-state index in [0.717, 1.165) is 6.54 Å². The van der Waals surface area contributed by atoms with E-state index in [2.05, 4.69) is 44.8 Å². The van der Waals surface area contributed by atoms with Crippen molar-refractivity contribution < 1.29 is 13.2 Å². The summed E-state index contributed by atoms with van der Waals surface area (Å²) in [6.07, 6.45) is 1.77. The van der Waals surface area contributed by atoms with Gasteiger partial charge in [-0.15, -0.1) is 24.0 Å². The van der Waals surface area contributed by atoms with E-state index >= 15 is 0 Å². The highest BCUT2D eigenvalue weighted by atomic mass is 127. The number of hydrogen-bond acceptors (Lipinski definition) is 3. The first-order valence-electron chi connectivity index (χ1n) is 11.0. The van der Waals surface area contributed by atoms with Crippen molar-refractivity contribution in [1.82, 2.24) is 20.4 Å². The van der Waals surface area contributed by atoms with Gasteiger partial charge in [-0.2, -0.15) is 13.2 Å². The zero-order chi connectivity index (χ0) is 21.4. The number of guanidine groups is 1. The standard InChI is InChI=1S/C22H34F3N5.HI/c1-26-21(28-20-9-12-30(16-20)17-22(23,24)25)27-14-18-7-6-8-19(13-18)15-29-10-4-2-3-5-11-29;/h6-8,13,20H,2-5,9-12,14-17H2,1H3,(H2,26,27,28);1H. The summed E-state index contributed by atoms with van der Waals surface area (Å²) < 4.78 is 37.7. The minimum absolute atomic E-state index is 0. The maximum atomic E-state index is 12.6. The molecule has 1 aromatic carbocycles. The van der Waals surface area contributed by atoms with E-state index in [-0.39, 0.29) is 30.0 Å². The zero-order valence-electron chi connectivity index (χ0n) is 18.3. The molecule has 1 unspecified atom stereocenters. The molecule has 0 saturated carbocycles. The number of benzene rings is 1. The molecule has 0 amide bonds. The van der Waals surface area contributed by atoms with Crippen molar-refractivity contribution in [3.05, 3.63) is 35.4 Å². The first kappa shape index (κ1) is 26.2. The van der Waals surface area contributed by atoms with Crippen LogP contribution in [0.1, 0.15) is 43.2 Å². The summed E-state index contributed by atoms with van der Waals surface area (Å²) in [5.74, 6) is 0.631. The smallest absolute Gasteiger partial charge is 0.352 e. The van der Waals surface area contributed by atoms with Crippen LogP contribution in [0.3, 0.4) is 0 Å². The van der Waals surface area contributed by atoms with E-state index in [0.29, 0.717) is 32.0 Å². The molecule has 1 atom stereocenters. The lowest BCUT2D eigenvalue weighted by Crippen LogP contribution is -2.44. The van der Waals surface area contributed by atoms with E-state index in [1.807, 2.05) is 0 Å². The van der Waals surface area contributed by atoms with Crippen molar-refractivity contribution in [3.63, 3.8) is 0 Å². The summed E-state index contributed by atoms with van der Waals surface area (Å²) in [4.78, 5) is 8.21. The second kappa shape index (κ2) is 12.8. The van der Waals surface area contributed by atoms with Gasteiger partial charge in [0.2, 0.25) is 0 Å². The van der Waals surface area contributed by atoms with Crippen LogP contribution in [0.15, 0.2) is 29.3 Å². The van der Waals surface area contributed by atoms with E-state index < -0.39 is 12.7 Å². The average Bonchev–Trinajstić information content (AvgIpc) is 2.95. The van der Waals surface area contributed by atoms with Crippen LogP contribution in [0, 0.1) is 0 Å². The number of hydrogen-bond donors (Lipinski definition) is 2. The number of likely N-dealkylation sites (tertiary alicyclic amines) is 2. The van der Waals surface area contributed by atoms with Gasteiger partial charge in [0.1, 0.15) is 0 Å². The summed E-state index contributed by atoms with van der Waals surface area (Å²) in [6, 6.07) is 8.56. The summed E-state index contributed by atoms with van der Waals surface area (Å²) in [5.41, 5.74) is 2.49. The molecule has 1 aromatic rings. The van der Waals surface area contributed by atoms with Crippen LogP contribution in [-0.4, -0.2) is 67.7 Å². The molecule has 3 rings (SSSR count). The number of rotatable bonds is 6. The van der Waals surface area contributed by atoms with Crippen molar-refractivity contribution in [2.75, 3.05) is 39.8 Å². The van der Waals surface area contributed by atoms with Crippen molar-refractivity contribution in [3.8, 4) is 0 Å². The fourth-order valence-corrected chi connectivity index (χ4v) is 4.31. The molecule has 0 radical (unpaired) electrons. The Balaban J connectivity index is 0.00000341. The minimum Gasteiger partial charge on any atom is -0.352 e. The first-order chi connectivity index (χ1) is 14.4. The normalized spacial score (nSPS) is 21.4. The molecular weight excluding hydrogens is 518 g/mol. The molecule has 2 fully saturated rings. The molecule has 2 saturated heterocycles. The van der Waals surface area contributed by atoms with Crippen LogP contribution in [-0.2, 0) is 13.1 Å². The van der Waals surface area contributed by atoms with Gasteiger partial charge in [-0.25, -0.2) is 0 Å². The molecule has 0 aliphatic carbocycles. The van der Waals surface area contributed by atoms with E-state index in [4.69, 9.17) is 0 Å². The fraction of sp³-hybridized carbons (Fsp3) is 0.682. The molecule has 2 aliphatic rings. The minimum atomic E-state index is -4.15. The van der Waals surface area contributed by atoms with Gasteiger partial charge < -0.3 is 10.6 Å². The van der Waals surface area contributed by atoms with E-state index in [1.165, 1.54) is 54.8 Å². The van der Waals surface area contributed by atoms with Gasteiger partial charge in [-0.1, -0.05) is 37.1 Å². The van der Waals surface area contributed by atoms with Crippen LogP contribution in [0.2, 0.25) is 0 Å². The monoisotopic (exact) mass is 553 g/mol. The third-order valence-electron chi connectivity index (χ3n) is 5.80. The number of aliphatic imine (C=N–C) groups is 1. The Morgan fingerprint density at radius 3 is 2.45 bits per heavy atom. The highest BCUT2D eigenvalue weighted by Crippen LogP contribution is 2.20. The topological polar surface area (TPSA) is 42.9 Å². The summed E-state index contributed by atoms with van der Waals surface area (Å²) in [7, 11) is 1.69. The molecular formula is C22H35F3IN5. The highest BCUT2D eigenvalue weighted by molar-refractivity contribution is 14.0. The maximum Gasteiger partial charge on any atom is 0.401 e. The van der Waals surface area contributed by atoms with Gasteiger partial charge in [0, 0.05) is 39.3 Å². The molecule has 5 nitrogen and oxygen atoms in total. The lowest BCUT2D eigenvalue weighted by molar-refractivity contribution is -0.143. The number of halogens is 4. The molecule has 2 N–H and O–H groups in total. The third kappa shape index (κ3) is 9.53. The van der Waals surface area contributed by atoms with Gasteiger partial charge in [0.05, 0.1) is 6.54 Å². The van der Waals surface area contributed by atoms with Gasteiger partial charge >= 0.3 is 6.18 Å². The first-order valence-corrected chi connectivity index (χ1v) is 11.0. The molecule has 9 heteroatoms. The summed E-state index contributed by atoms with van der Waals surface area (Å²) in [5, 5.41) is 6.56. The van der Waals surface area contributed by atoms with Crippen molar-refractivity contribution >= 4 is 29.9 Å². The number of nitrogens with zero attached hydrogens (tertiary/aromatic N) is 3. The Morgan fingerprint density at radius 2 is 1.77 bits per heavy atom. The molecule has 31 heavy (non-hydrogen) atoms. The number of nitrogens with one attached hydrogen (secondary N) is 2. The Labute approximate surface area is 200 Å². The molecule has 0 bridgehead atoms. The molecule has 2 heterocycles. The molecule has 176 valence electrons. The SMILES string of the molecule is CN=C(NCc1cccc(CN2CCCCCC2)c1)NC1CCN(CC(F)(F)F)C1.I. The summed E-state index contributed by atoms with van der Waals surface area (Å²) >= 11 is 0. The van der Waals surface area contributed by atoms with Crippen molar-refractivity contribution in [1.29, 1.82) is 0 Å². The molecule has 2 aliphatic heterocycles. The largest absolute Gasteiger partial charge is 0.401 e. The third-order valence-corrected chi connectivity index (χ3v) is 5.80. The average molecular weight is 553 g/mol. The quantitative estimate of drug-likeness (QED) is 0.318. The summed E-state index contributed by atoms with van der Waals surface area (Å²) in [6.45, 7) is 3.95. The lowest BCUT2D eigenvalue weighted by Gasteiger charge is -2.21. The number of alkyl halides is 3. The lowest BCUT2D eigenvalue weighted by atomic mass is 10.1. The Morgan fingerprint density at radius 1 is 1.06 bits per heavy atom. The predicted octanol–water partition coefficient (Wildman–Crippen LogP) is 3.98. The zero-order valence-corrected chi connectivity index (χ0v) is 20.6. The Kier molecular flexibility index (Phi) is 10.8. The molecule has 0 aromatic heterocycles. The second-order valence-corrected chi connectivity index (χ2v) is 8.42. The van der Waals surface area contributed by atoms with Crippen molar-refractivity contribution in [2.45, 2.75) is 57.4 Å². The van der Waals surface area contributed by atoms with E-state index in [1.54, 1.807) is 7.05 Å². The van der Waals surface area contributed by atoms with Crippen LogP contribution < -0.4 is 10.6 Å². The molecule has 0 spiro atoms. The van der Waals surface area contributed by atoms with Gasteiger partial charge in [-0.05, 0) is 43.5 Å². The van der Waals surface area contributed by atoms with Crippen molar-refractivity contribution in [2.24, 2.45) is 4.99 Å². The van der Waals surface area contributed by atoms with Gasteiger partial charge in [0.25, 0.3) is 0 Å². The van der Waals surface area contributed by atoms with Crippen LogP contribution in [0.4, 0.5) is 13.2 Å². The predicted molar refractivity (Wildman–Crippen MR) is 130 cm³/mol. The van der Waals surface area contributed by atoms with Crippen LogP contribution >= 0.6 is 24.0 Å².